The summed E-state index contributed by atoms with van der Waals surface area (Å²) in [5.41, 5.74) is 0. The average molecular weight is 361 g/mol. The Morgan fingerprint density at radius 3 is 0.917 bits per heavy atom. The van der Waals surface area contributed by atoms with Crippen molar-refractivity contribution in [2.75, 3.05) is 0 Å². The predicted octanol–water partition coefficient (Wildman–Crippen LogP) is 1.75. The van der Waals surface area contributed by atoms with Crippen LogP contribution in [0.3, 0.4) is 0 Å². The molecule has 0 nitrogen and oxygen atoms in total. The van der Waals surface area contributed by atoms with Crippen LogP contribution in [0.4, 0.5) is 0 Å². The lowest BCUT2D eigenvalue weighted by molar-refractivity contribution is 2.29. The van der Waals surface area contributed by atoms with Crippen molar-refractivity contribution in [1.29, 1.82) is 0 Å². The molecule has 5 rings (SSSR count). The van der Waals surface area contributed by atoms with E-state index in [0.717, 1.165) is 0 Å². The minimum Gasteiger partial charge on any atom is -0.176 e. The molecule has 12 heavy (non-hydrogen) atoms. The van der Waals surface area contributed by atoms with Crippen LogP contribution in [0.25, 0.3) is 0 Å². The molecule has 0 aromatic heterocycles. The van der Waals surface area contributed by atoms with E-state index in [-0.39, 0.29) is 0 Å². The third-order valence-electron chi connectivity index (χ3n) is 4.79. The Kier molecular flexibility index (Phi) is 1.10. The normalized spacial score (nSPS) is 97.5. The standard InChI is InChI=1S/CH3Cl5Si6/c1-7-8(2)9(7,3)12(6)10(7,4)11(8,12)5/h1H3. The fraction of sp³-hybridized carbons (Fsp3) is 1.00. The van der Waals surface area contributed by atoms with Crippen LogP contribution in [0, 0.1) is 0 Å². The van der Waals surface area contributed by atoms with Gasteiger partial charge >= 0.3 is 0 Å². The Balaban J connectivity index is 2.08. The summed E-state index contributed by atoms with van der Waals surface area (Å²) in [7, 11) is 0. The lowest BCUT2D eigenvalue weighted by atomic mass is 11.9. The van der Waals surface area contributed by atoms with Crippen molar-refractivity contribution < 1.29 is 0 Å². The minimum atomic E-state index is -1.59. The van der Waals surface area contributed by atoms with Gasteiger partial charge in [-0.25, -0.2) is 0 Å². The van der Waals surface area contributed by atoms with Gasteiger partial charge in [0.05, 0.1) is 6.63 Å². The van der Waals surface area contributed by atoms with Gasteiger partial charge in [-0.3, -0.25) is 0 Å². The van der Waals surface area contributed by atoms with E-state index in [9.17, 15) is 0 Å². The zero-order valence-electron chi connectivity index (χ0n) is 5.89. The average Bonchev–Trinajstić information content (AvgIpc) is 2.54. The topological polar surface area (TPSA) is 0 Å². The molecule has 5 saturated heterocycles. The van der Waals surface area contributed by atoms with Gasteiger partial charge in [-0.2, -0.15) is 55.4 Å². The first-order valence-electron chi connectivity index (χ1n) is 3.69. The molecule has 5 aliphatic rings. The number of hydrogen-bond acceptors (Lipinski definition) is 0. The molecular formula is CH3Cl5Si6. The van der Waals surface area contributed by atoms with Crippen LogP contribution >= 0.6 is 55.4 Å². The van der Waals surface area contributed by atoms with Gasteiger partial charge in [0.15, 0.2) is 29.7 Å². The van der Waals surface area contributed by atoms with Gasteiger partial charge < -0.3 is 0 Å². The highest BCUT2D eigenvalue weighted by Gasteiger charge is 3.43. The van der Waals surface area contributed by atoms with Crippen molar-refractivity contribution in [3.8, 4) is 0 Å². The first-order valence-corrected chi connectivity index (χ1v) is 30.3. The molecule has 0 aliphatic carbocycles. The first kappa shape index (κ1) is 8.85. The van der Waals surface area contributed by atoms with Gasteiger partial charge in [-0.05, 0) is 0 Å². The summed E-state index contributed by atoms with van der Waals surface area (Å²) in [4.78, 5) is 0. The molecule has 0 spiro atoms. The lowest BCUT2D eigenvalue weighted by Crippen LogP contribution is -2.69. The van der Waals surface area contributed by atoms with Crippen molar-refractivity contribution >= 4 is 91.7 Å². The van der Waals surface area contributed by atoms with E-state index >= 15 is 0 Å². The van der Waals surface area contributed by atoms with Crippen LogP contribution in [-0.2, 0) is 0 Å². The van der Waals surface area contributed by atoms with E-state index in [1.165, 1.54) is 0 Å². The molecule has 0 saturated carbocycles. The van der Waals surface area contributed by atoms with Crippen molar-refractivity contribution in [1.82, 2.24) is 0 Å². The SMILES string of the molecule is C[Si]12[Si]3(Cl)[Si]1(Cl)[Si]1(Cl)[Si]2(Cl)[Si]31Cl. The lowest BCUT2D eigenvalue weighted by Gasteiger charge is -2.32. The molecule has 0 N–H and O–H groups in total. The number of hydrogen-bond donors (Lipinski definition) is 0. The summed E-state index contributed by atoms with van der Waals surface area (Å²) in [6.07, 6.45) is 0. The molecule has 0 amide bonds. The Bertz CT molecular complexity index is 238. The van der Waals surface area contributed by atoms with Gasteiger partial charge in [-0.15, -0.1) is 0 Å². The molecular weight excluding hydrogens is 358 g/mol. The zero-order valence-corrected chi connectivity index (χ0v) is 15.7. The second-order valence-corrected chi connectivity index (χ2v) is 106. The van der Waals surface area contributed by atoms with E-state index in [1.807, 2.05) is 0 Å². The highest BCUT2D eigenvalue weighted by molar-refractivity contribution is 9.05. The van der Waals surface area contributed by atoms with E-state index in [1.54, 1.807) is 0 Å². The predicted molar refractivity (Wildman–Crippen MR) is 69.7 cm³/mol. The fourth-order valence-corrected chi connectivity index (χ4v) is 826. The molecule has 0 aromatic carbocycles. The zero-order chi connectivity index (χ0) is 9.00. The summed E-state index contributed by atoms with van der Waals surface area (Å²) in [5, 5.41) is 0. The van der Waals surface area contributed by atoms with Crippen molar-refractivity contribution in [2.45, 2.75) is 6.55 Å². The molecule has 0 aromatic rings. The molecule has 66 valence electrons. The van der Waals surface area contributed by atoms with E-state index in [2.05, 4.69) is 6.55 Å². The molecule has 5 aliphatic heterocycles. The van der Waals surface area contributed by atoms with E-state index in [0.29, 0.717) is 0 Å². The summed E-state index contributed by atoms with van der Waals surface area (Å²) in [5.74, 6) is -7.66. The molecule has 4 unspecified atom stereocenters. The van der Waals surface area contributed by atoms with Crippen LogP contribution in [0.2, 0.25) is 6.55 Å². The summed E-state index contributed by atoms with van der Waals surface area (Å²) >= 11 is 33.2. The van der Waals surface area contributed by atoms with E-state index in [4.69, 9.17) is 55.4 Å². The van der Waals surface area contributed by atoms with Crippen molar-refractivity contribution in [3.05, 3.63) is 0 Å². The number of rotatable bonds is 0. The van der Waals surface area contributed by atoms with Crippen LogP contribution < -0.4 is 0 Å². The van der Waals surface area contributed by atoms with E-state index < -0.39 is 36.3 Å². The maximum atomic E-state index is 6.66. The Morgan fingerprint density at radius 2 is 0.833 bits per heavy atom. The first-order chi connectivity index (χ1) is 5.25. The van der Waals surface area contributed by atoms with Gasteiger partial charge in [0, 0.05) is 0 Å². The molecule has 11 heteroatoms. The maximum absolute atomic E-state index is 6.66. The molecule has 4 atom stereocenters. The second kappa shape index (κ2) is 1.49. The van der Waals surface area contributed by atoms with Crippen molar-refractivity contribution in [3.63, 3.8) is 0 Å². The molecule has 5 fully saturated rings. The highest BCUT2D eigenvalue weighted by Crippen LogP contribution is 3.04. The summed E-state index contributed by atoms with van der Waals surface area (Å²) in [6, 6.07) is 0. The number of halogens is 5. The molecule has 0 radical (unpaired) electrons. The summed E-state index contributed by atoms with van der Waals surface area (Å²) in [6.45, 7) is 1.16. The Labute approximate surface area is 97.1 Å². The van der Waals surface area contributed by atoms with Crippen LogP contribution in [-0.4, -0.2) is 36.3 Å². The van der Waals surface area contributed by atoms with Crippen LogP contribution in [0.15, 0.2) is 0 Å². The second-order valence-electron chi connectivity index (χ2n) is 4.42. The largest absolute Gasteiger partial charge is 0.176 e. The van der Waals surface area contributed by atoms with Gasteiger partial charge in [0.2, 0.25) is 0 Å². The van der Waals surface area contributed by atoms with Gasteiger partial charge in [-0.1, -0.05) is 6.55 Å². The molecule has 0 bridgehead atoms. The smallest absolute Gasteiger partial charge is 0.171 e. The van der Waals surface area contributed by atoms with Gasteiger partial charge in [0.1, 0.15) is 0 Å². The molecule has 5 heterocycles. The highest BCUT2D eigenvalue weighted by atomic mass is 35.7. The Hall–Kier alpha value is 2.75. The minimum absolute atomic E-state index is 1.20. The van der Waals surface area contributed by atoms with Gasteiger partial charge in [0.25, 0.3) is 0 Å². The summed E-state index contributed by atoms with van der Waals surface area (Å²) < 4.78 is 0. The maximum Gasteiger partial charge on any atom is 0.171 e. The van der Waals surface area contributed by atoms with Crippen molar-refractivity contribution in [2.24, 2.45) is 0 Å². The quantitative estimate of drug-likeness (QED) is 0.456. The monoisotopic (exact) mass is 358 g/mol. The fourth-order valence-electron chi connectivity index (χ4n) is 4.17. The third kappa shape index (κ3) is 0.277. The Morgan fingerprint density at radius 1 is 0.583 bits per heavy atom. The third-order valence-corrected chi connectivity index (χ3v) is 319. The van der Waals surface area contributed by atoms with Crippen LogP contribution in [0.1, 0.15) is 0 Å². The van der Waals surface area contributed by atoms with Crippen LogP contribution in [0.5, 0.6) is 0 Å².